The Morgan fingerprint density at radius 1 is 0.444 bits per heavy atom. The molecule has 4 nitrogen and oxygen atoms in total. The summed E-state index contributed by atoms with van der Waals surface area (Å²) in [6, 6.07) is 41.1. The van der Waals surface area contributed by atoms with Crippen LogP contribution in [0.25, 0.3) is 45.0 Å². The van der Waals surface area contributed by atoms with Gasteiger partial charge in [0.1, 0.15) is 0 Å². The fourth-order valence-electron chi connectivity index (χ4n) is 4.52. The fourth-order valence-corrected chi connectivity index (χ4v) is 4.52. The van der Waals surface area contributed by atoms with Crippen molar-refractivity contribution in [2.45, 2.75) is 39.5 Å². The number of pyridine rings is 4. The van der Waals surface area contributed by atoms with E-state index in [2.05, 4.69) is 96.2 Å². The molecule has 0 saturated carbocycles. The van der Waals surface area contributed by atoms with Crippen molar-refractivity contribution < 1.29 is 34.3 Å². The summed E-state index contributed by atoms with van der Waals surface area (Å²) in [6.45, 7) is 8.60. The van der Waals surface area contributed by atoms with Crippen LogP contribution in [0.5, 0.6) is 0 Å². The van der Waals surface area contributed by atoms with Crippen molar-refractivity contribution in [2.24, 2.45) is 0 Å². The SMILES string of the molecule is CC(C)c1cccc(-c2ccc(-c3ccccc3)cn2)n1.CC(C)c1cccc(-c2ccc(-c3ccccc3)cn2)n1.ClCCl.ClCCl.F[B-](F)(F)F.[Cu+]. The van der Waals surface area contributed by atoms with Crippen LogP contribution in [0.1, 0.15) is 50.9 Å². The van der Waals surface area contributed by atoms with E-state index in [1.807, 2.05) is 85.2 Å². The van der Waals surface area contributed by atoms with Gasteiger partial charge in [0, 0.05) is 34.9 Å². The Morgan fingerprint density at radius 3 is 1.02 bits per heavy atom. The third kappa shape index (κ3) is 18.7. The van der Waals surface area contributed by atoms with Crippen LogP contribution >= 0.6 is 46.4 Å². The molecule has 290 valence electrons. The largest absolute Gasteiger partial charge is 1.00 e. The van der Waals surface area contributed by atoms with Gasteiger partial charge in [-0.25, -0.2) is 0 Å². The van der Waals surface area contributed by atoms with Crippen LogP contribution in [-0.4, -0.2) is 37.9 Å². The van der Waals surface area contributed by atoms with Gasteiger partial charge in [-0.1, -0.05) is 113 Å². The Bertz CT molecular complexity index is 1740. The molecule has 4 aromatic heterocycles. The maximum atomic E-state index is 9.75. The summed E-state index contributed by atoms with van der Waals surface area (Å²) < 4.78 is 39.0. The minimum absolute atomic E-state index is 0. The summed E-state index contributed by atoms with van der Waals surface area (Å²) in [5.74, 6) is 0.849. The number of nitrogens with zero attached hydrogens (tertiary/aromatic N) is 4. The number of alkyl halides is 4. The van der Waals surface area contributed by atoms with Crippen molar-refractivity contribution >= 4 is 53.7 Å². The van der Waals surface area contributed by atoms with Crippen molar-refractivity contribution in [3.05, 3.63) is 145 Å². The van der Waals surface area contributed by atoms with Crippen molar-refractivity contribution in [1.29, 1.82) is 0 Å². The van der Waals surface area contributed by atoms with Crippen LogP contribution in [0.2, 0.25) is 0 Å². The first-order valence-electron chi connectivity index (χ1n) is 16.4. The molecule has 0 aliphatic heterocycles. The second-order valence-corrected chi connectivity index (χ2v) is 13.1. The predicted octanol–water partition coefficient (Wildman–Crippen LogP) is 14.0. The molecule has 0 atom stereocenters. The van der Waals surface area contributed by atoms with E-state index in [4.69, 9.17) is 46.4 Å². The second-order valence-electron chi connectivity index (χ2n) is 11.5. The molecule has 0 aliphatic rings. The molecule has 6 aromatic rings. The van der Waals surface area contributed by atoms with Gasteiger partial charge < -0.3 is 17.3 Å². The average Bonchev–Trinajstić information content (AvgIpc) is 3.16. The van der Waals surface area contributed by atoms with Gasteiger partial charge in [0.2, 0.25) is 0 Å². The Labute approximate surface area is 346 Å². The third-order valence-electron chi connectivity index (χ3n) is 6.99. The molecule has 54 heavy (non-hydrogen) atoms. The molecule has 2 aromatic carbocycles. The molecule has 0 radical (unpaired) electrons. The van der Waals surface area contributed by atoms with E-state index < -0.39 is 7.25 Å². The third-order valence-corrected chi connectivity index (χ3v) is 6.99. The van der Waals surface area contributed by atoms with E-state index in [0.717, 1.165) is 45.3 Å². The molecular weight excluding hydrogens is 829 g/mol. The molecule has 0 fully saturated rings. The molecular formula is C40H40BCl4CuF4N4. The summed E-state index contributed by atoms with van der Waals surface area (Å²) in [6.07, 6.45) is 3.82. The minimum atomic E-state index is -6.00. The number of hydrogen-bond acceptors (Lipinski definition) is 4. The van der Waals surface area contributed by atoms with Crippen LogP contribution < -0.4 is 0 Å². The van der Waals surface area contributed by atoms with Gasteiger partial charge in [-0.3, -0.25) is 19.9 Å². The number of benzene rings is 2. The Balaban J connectivity index is 0.000000420. The molecule has 0 unspecified atom stereocenters. The first-order valence-corrected chi connectivity index (χ1v) is 18.5. The van der Waals surface area contributed by atoms with Crippen molar-refractivity contribution in [3.63, 3.8) is 0 Å². The molecule has 0 saturated heterocycles. The van der Waals surface area contributed by atoms with Crippen LogP contribution in [0.15, 0.2) is 134 Å². The number of halogens is 8. The first-order chi connectivity index (χ1) is 25.3. The van der Waals surface area contributed by atoms with Crippen LogP contribution in [0.4, 0.5) is 17.3 Å². The summed E-state index contributed by atoms with van der Waals surface area (Å²) in [5, 5.41) is 0.389. The number of aromatic nitrogens is 4. The zero-order valence-corrected chi connectivity index (χ0v) is 33.9. The summed E-state index contributed by atoms with van der Waals surface area (Å²) >= 11 is 19.1. The van der Waals surface area contributed by atoms with Crippen molar-refractivity contribution in [3.8, 4) is 45.0 Å². The summed E-state index contributed by atoms with van der Waals surface area (Å²) in [7, 11) is -6.00. The molecule has 0 spiro atoms. The standard InChI is InChI=1S/2C19H18N2.2CH2Cl2.BF4.Cu/c2*1-14(2)17-9-6-10-19(21-17)18-12-11-16(13-20-18)15-7-4-3-5-8-15;2*2-1-3;2-1(3,4)5;/h2*3-14H,1-2H3;2*1H2;;/q;;;;-1;+1. The first kappa shape index (κ1) is 48.5. The van der Waals surface area contributed by atoms with Crippen LogP contribution in [0, 0.1) is 0 Å². The molecule has 6 rings (SSSR count). The van der Waals surface area contributed by atoms with Gasteiger partial charge in [0.15, 0.2) is 0 Å². The summed E-state index contributed by atoms with van der Waals surface area (Å²) in [4.78, 5) is 18.5. The summed E-state index contributed by atoms with van der Waals surface area (Å²) in [5.41, 5.74) is 10.5. The predicted molar refractivity (Wildman–Crippen MR) is 217 cm³/mol. The van der Waals surface area contributed by atoms with E-state index >= 15 is 0 Å². The Kier molecular flexibility index (Phi) is 23.7. The number of hydrogen-bond donors (Lipinski definition) is 0. The van der Waals surface area contributed by atoms with Crippen molar-refractivity contribution in [2.75, 3.05) is 10.7 Å². The number of rotatable bonds is 6. The molecule has 0 bridgehead atoms. The molecule has 4 heterocycles. The van der Waals surface area contributed by atoms with Gasteiger partial charge in [0.25, 0.3) is 0 Å². The van der Waals surface area contributed by atoms with E-state index in [9.17, 15) is 17.3 Å². The van der Waals surface area contributed by atoms with E-state index in [1.54, 1.807) is 0 Å². The normalized spacial score (nSPS) is 10.2. The van der Waals surface area contributed by atoms with Crippen LogP contribution in [0.3, 0.4) is 0 Å². The topological polar surface area (TPSA) is 51.6 Å². The maximum Gasteiger partial charge on any atom is 1.00 e. The van der Waals surface area contributed by atoms with Crippen LogP contribution in [-0.2, 0) is 17.1 Å². The van der Waals surface area contributed by atoms with Gasteiger partial charge >= 0.3 is 24.3 Å². The van der Waals surface area contributed by atoms with Gasteiger partial charge in [-0.15, -0.1) is 46.4 Å². The van der Waals surface area contributed by atoms with Gasteiger partial charge in [-0.2, -0.15) is 0 Å². The smallest absolute Gasteiger partial charge is 0.418 e. The fraction of sp³-hybridized carbons (Fsp3) is 0.200. The Morgan fingerprint density at radius 2 is 0.759 bits per heavy atom. The van der Waals surface area contributed by atoms with E-state index in [1.165, 1.54) is 11.1 Å². The maximum absolute atomic E-state index is 9.75. The average molecular weight is 869 g/mol. The zero-order valence-electron chi connectivity index (χ0n) is 30.0. The minimum Gasteiger partial charge on any atom is -0.418 e. The van der Waals surface area contributed by atoms with E-state index in [-0.39, 0.29) is 27.7 Å². The zero-order chi connectivity index (χ0) is 39.2. The second kappa shape index (κ2) is 26.3. The quantitative estimate of drug-likeness (QED) is 0.0951. The van der Waals surface area contributed by atoms with Crippen molar-refractivity contribution in [1.82, 2.24) is 19.9 Å². The van der Waals surface area contributed by atoms with Gasteiger partial charge in [-0.05, 0) is 59.4 Å². The Hall–Kier alpha value is -3.50. The molecule has 14 heteroatoms. The molecule has 0 aliphatic carbocycles. The molecule has 0 N–H and O–H groups in total. The monoisotopic (exact) mass is 866 g/mol. The molecule has 0 amide bonds. The van der Waals surface area contributed by atoms with E-state index in [0.29, 0.717) is 11.8 Å². The van der Waals surface area contributed by atoms with Gasteiger partial charge in [0.05, 0.1) is 33.5 Å².